The predicted octanol–water partition coefficient (Wildman–Crippen LogP) is -0.167. The van der Waals surface area contributed by atoms with Gasteiger partial charge in [-0.05, 0) is 32.7 Å². The van der Waals surface area contributed by atoms with Crippen molar-refractivity contribution in [2.45, 2.75) is 43.4 Å². The molecule has 3 aliphatic rings. The molecule has 5 nitrogen and oxygen atoms in total. The van der Waals surface area contributed by atoms with Crippen molar-refractivity contribution in [2.75, 3.05) is 33.3 Å². The van der Waals surface area contributed by atoms with Gasteiger partial charge in [0.15, 0.2) is 0 Å². The molecule has 1 N–H and O–H groups in total. The summed E-state index contributed by atoms with van der Waals surface area (Å²) in [6.45, 7) is 3.10. The van der Waals surface area contributed by atoms with E-state index in [0.717, 1.165) is 25.9 Å². The smallest absolute Gasteiger partial charge is 0.254 e. The highest BCUT2D eigenvalue weighted by Gasteiger charge is 2.48. The van der Waals surface area contributed by atoms with Crippen LogP contribution in [0.2, 0.25) is 0 Å². The summed E-state index contributed by atoms with van der Waals surface area (Å²) in [6, 6.07) is 0.120. The Bertz CT molecular complexity index is 343. The van der Waals surface area contributed by atoms with Gasteiger partial charge in [-0.25, -0.2) is 0 Å². The van der Waals surface area contributed by atoms with Gasteiger partial charge in [0.25, 0.3) is 5.91 Å². The van der Waals surface area contributed by atoms with Crippen LogP contribution in [-0.4, -0.2) is 71.8 Å². The Hall–Kier alpha value is -0.650. The molecule has 2 heterocycles. The van der Waals surface area contributed by atoms with Crippen molar-refractivity contribution in [3.8, 4) is 0 Å². The standard InChI is InChI=1S/C13H22N2O3/c1-14-6-3-11-10(9-14)15(7-8-18-11)12(16)13(17)4-2-5-13/h10-11,17H,2-9H2,1H3/t10-,11-/m0/s1. The van der Waals surface area contributed by atoms with Gasteiger partial charge in [-0.3, -0.25) is 4.79 Å². The van der Waals surface area contributed by atoms with Gasteiger partial charge in [0, 0.05) is 19.6 Å². The molecule has 0 aromatic rings. The number of ether oxygens (including phenoxy) is 1. The second-order valence-corrected chi connectivity index (χ2v) is 5.91. The van der Waals surface area contributed by atoms with Crippen LogP contribution in [-0.2, 0) is 9.53 Å². The number of morpholine rings is 1. The fraction of sp³-hybridized carbons (Fsp3) is 0.923. The second-order valence-electron chi connectivity index (χ2n) is 5.91. The Balaban J connectivity index is 1.75. The third-order valence-electron chi connectivity index (χ3n) is 4.63. The van der Waals surface area contributed by atoms with Crippen LogP contribution in [0.1, 0.15) is 25.7 Å². The maximum atomic E-state index is 12.5. The molecule has 0 bridgehead atoms. The molecule has 0 unspecified atom stereocenters. The molecule has 1 saturated carbocycles. The average molecular weight is 254 g/mol. The minimum absolute atomic E-state index is 0.0673. The molecule has 2 atom stereocenters. The highest BCUT2D eigenvalue weighted by molar-refractivity contribution is 5.86. The van der Waals surface area contributed by atoms with Crippen LogP contribution in [0.25, 0.3) is 0 Å². The summed E-state index contributed by atoms with van der Waals surface area (Å²) in [5.41, 5.74) is -1.07. The number of likely N-dealkylation sites (N-methyl/N-ethyl adjacent to an activating group) is 1. The van der Waals surface area contributed by atoms with Crippen molar-refractivity contribution >= 4 is 5.91 Å². The number of likely N-dealkylation sites (tertiary alicyclic amines) is 1. The SMILES string of the molecule is CN1CC[C@@H]2OCCN(C(=O)C3(O)CCC3)[C@H]2C1. The monoisotopic (exact) mass is 254 g/mol. The summed E-state index contributed by atoms with van der Waals surface area (Å²) in [5.74, 6) is -0.0673. The van der Waals surface area contributed by atoms with E-state index in [-0.39, 0.29) is 18.1 Å². The topological polar surface area (TPSA) is 53.0 Å². The summed E-state index contributed by atoms with van der Waals surface area (Å²) in [4.78, 5) is 16.6. The Morgan fingerprint density at radius 3 is 2.83 bits per heavy atom. The summed E-state index contributed by atoms with van der Waals surface area (Å²) in [5, 5.41) is 10.2. The molecule has 0 radical (unpaired) electrons. The number of carbonyl (C=O) groups is 1. The minimum atomic E-state index is -1.07. The molecule has 2 aliphatic heterocycles. The number of aliphatic hydroxyl groups is 1. The van der Waals surface area contributed by atoms with E-state index in [4.69, 9.17) is 4.74 Å². The van der Waals surface area contributed by atoms with Crippen molar-refractivity contribution in [2.24, 2.45) is 0 Å². The molecule has 102 valence electrons. The quantitative estimate of drug-likeness (QED) is 0.706. The minimum Gasteiger partial charge on any atom is -0.380 e. The zero-order chi connectivity index (χ0) is 12.8. The van der Waals surface area contributed by atoms with Crippen LogP contribution in [0.4, 0.5) is 0 Å². The van der Waals surface area contributed by atoms with E-state index in [9.17, 15) is 9.90 Å². The molecule has 0 aromatic heterocycles. The van der Waals surface area contributed by atoms with Crippen molar-refractivity contribution in [3.05, 3.63) is 0 Å². The van der Waals surface area contributed by atoms with Gasteiger partial charge in [-0.1, -0.05) is 0 Å². The molecular formula is C13H22N2O3. The largest absolute Gasteiger partial charge is 0.380 e. The Kier molecular flexibility index (Phi) is 3.08. The van der Waals surface area contributed by atoms with Crippen molar-refractivity contribution in [3.63, 3.8) is 0 Å². The molecule has 1 amide bonds. The summed E-state index contributed by atoms with van der Waals surface area (Å²) in [6.07, 6.45) is 3.33. The first-order valence-electron chi connectivity index (χ1n) is 6.94. The predicted molar refractivity (Wildman–Crippen MR) is 66.2 cm³/mol. The lowest BCUT2D eigenvalue weighted by Gasteiger charge is -2.49. The first-order chi connectivity index (χ1) is 8.60. The summed E-state index contributed by atoms with van der Waals surface area (Å²) in [7, 11) is 2.07. The molecule has 3 rings (SSSR count). The lowest BCUT2D eigenvalue weighted by Crippen LogP contribution is -2.65. The van der Waals surface area contributed by atoms with Crippen LogP contribution < -0.4 is 0 Å². The summed E-state index contributed by atoms with van der Waals surface area (Å²) >= 11 is 0. The zero-order valence-corrected chi connectivity index (χ0v) is 11.0. The number of fused-ring (bicyclic) bond motifs is 1. The van der Waals surface area contributed by atoms with E-state index in [1.54, 1.807) is 0 Å². The molecule has 1 aliphatic carbocycles. The van der Waals surface area contributed by atoms with Crippen molar-refractivity contribution in [1.29, 1.82) is 0 Å². The normalized spacial score (nSPS) is 35.8. The molecule has 0 aromatic carbocycles. The number of rotatable bonds is 1. The van der Waals surface area contributed by atoms with Crippen LogP contribution in [0.3, 0.4) is 0 Å². The molecule has 0 spiro atoms. The van der Waals surface area contributed by atoms with E-state index in [1.807, 2.05) is 4.90 Å². The van der Waals surface area contributed by atoms with Crippen molar-refractivity contribution in [1.82, 2.24) is 9.80 Å². The van der Waals surface area contributed by atoms with Gasteiger partial charge in [-0.2, -0.15) is 0 Å². The van der Waals surface area contributed by atoms with Crippen LogP contribution in [0.5, 0.6) is 0 Å². The lowest BCUT2D eigenvalue weighted by molar-refractivity contribution is -0.177. The van der Waals surface area contributed by atoms with Gasteiger partial charge in [0.1, 0.15) is 5.60 Å². The van der Waals surface area contributed by atoms with Gasteiger partial charge in [0.2, 0.25) is 0 Å². The van der Waals surface area contributed by atoms with E-state index in [2.05, 4.69) is 11.9 Å². The molecule has 18 heavy (non-hydrogen) atoms. The summed E-state index contributed by atoms with van der Waals surface area (Å²) < 4.78 is 5.77. The number of amides is 1. The van der Waals surface area contributed by atoms with Crippen LogP contribution in [0.15, 0.2) is 0 Å². The van der Waals surface area contributed by atoms with E-state index >= 15 is 0 Å². The molecule has 3 fully saturated rings. The maximum Gasteiger partial charge on any atom is 0.254 e. The molecule has 2 saturated heterocycles. The number of piperidine rings is 1. The average Bonchev–Trinajstić information content (AvgIpc) is 2.34. The van der Waals surface area contributed by atoms with Crippen LogP contribution >= 0.6 is 0 Å². The van der Waals surface area contributed by atoms with Crippen LogP contribution in [0, 0.1) is 0 Å². The first kappa shape index (κ1) is 12.4. The Labute approximate surface area is 108 Å². The zero-order valence-electron chi connectivity index (χ0n) is 11.0. The van der Waals surface area contributed by atoms with Gasteiger partial charge >= 0.3 is 0 Å². The Morgan fingerprint density at radius 2 is 2.17 bits per heavy atom. The van der Waals surface area contributed by atoms with Gasteiger partial charge < -0.3 is 19.6 Å². The Morgan fingerprint density at radius 1 is 1.39 bits per heavy atom. The van der Waals surface area contributed by atoms with E-state index < -0.39 is 5.60 Å². The number of hydrogen-bond donors (Lipinski definition) is 1. The highest BCUT2D eigenvalue weighted by atomic mass is 16.5. The fourth-order valence-corrected chi connectivity index (χ4v) is 3.28. The third kappa shape index (κ3) is 1.94. The maximum absolute atomic E-state index is 12.5. The number of carbonyl (C=O) groups excluding carboxylic acids is 1. The fourth-order valence-electron chi connectivity index (χ4n) is 3.28. The lowest BCUT2D eigenvalue weighted by atomic mass is 9.78. The first-order valence-corrected chi connectivity index (χ1v) is 6.94. The number of hydrogen-bond acceptors (Lipinski definition) is 4. The van der Waals surface area contributed by atoms with E-state index in [1.165, 1.54) is 0 Å². The third-order valence-corrected chi connectivity index (χ3v) is 4.63. The van der Waals surface area contributed by atoms with Crippen molar-refractivity contribution < 1.29 is 14.6 Å². The number of nitrogens with zero attached hydrogens (tertiary/aromatic N) is 2. The van der Waals surface area contributed by atoms with E-state index in [0.29, 0.717) is 26.0 Å². The highest BCUT2D eigenvalue weighted by Crippen LogP contribution is 2.35. The molecular weight excluding hydrogens is 232 g/mol. The molecule has 5 heteroatoms. The van der Waals surface area contributed by atoms with Gasteiger partial charge in [-0.15, -0.1) is 0 Å². The van der Waals surface area contributed by atoms with Gasteiger partial charge in [0.05, 0.1) is 18.8 Å². The second kappa shape index (κ2) is 4.47.